The van der Waals surface area contributed by atoms with E-state index in [9.17, 15) is 0 Å². The molecule has 104 valence electrons. The van der Waals surface area contributed by atoms with Crippen molar-refractivity contribution in [2.45, 2.75) is 6.54 Å². The Balaban J connectivity index is 0.000001000. The molecular weight excluding hydrogens is 291 g/mol. The maximum atomic E-state index is 4.26. The van der Waals surface area contributed by atoms with Gasteiger partial charge in [-0.15, -0.1) is 24.8 Å². The van der Waals surface area contributed by atoms with Gasteiger partial charge in [-0.05, 0) is 11.6 Å². The molecule has 0 saturated carbocycles. The summed E-state index contributed by atoms with van der Waals surface area (Å²) < 4.78 is 0. The van der Waals surface area contributed by atoms with Gasteiger partial charge >= 0.3 is 0 Å². The lowest BCUT2D eigenvalue weighted by atomic mass is 10.1. The van der Waals surface area contributed by atoms with E-state index in [0.717, 1.165) is 12.1 Å². The number of hydrogen-bond donors (Lipinski definition) is 0. The first-order valence-corrected chi connectivity index (χ1v) is 6.03. The van der Waals surface area contributed by atoms with Gasteiger partial charge in [-0.25, -0.2) is 0 Å². The Morgan fingerprint density at radius 2 is 1.55 bits per heavy atom. The summed E-state index contributed by atoms with van der Waals surface area (Å²) in [6.45, 7) is 0.859. The van der Waals surface area contributed by atoms with Crippen molar-refractivity contribution in [3.05, 3.63) is 78.1 Å². The van der Waals surface area contributed by atoms with Crippen LogP contribution < -0.4 is 4.90 Å². The molecule has 1 aliphatic rings. The molecule has 2 aromatic carbocycles. The van der Waals surface area contributed by atoms with Gasteiger partial charge in [0.15, 0.2) is 0 Å². The quantitative estimate of drug-likeness (QED) is 0.801. The largest absolute Gasteiger partial charge is 0.341 e. The van der Waals surface area contributed by atoms with E-state index in [1.54, 1.807) is 0 Å². The van der Waals surface area contributed by atoms with Crippen LogP contribution in [0, 0.1) is 0 Å². The summed E-state index contributed by atoms with van der Waals surface area (Å²) in [4.78, 5) is 6.48. The molecule has 3 rings (SSSR count). The van der Waals surface area contributed by atoms with E-state index in [4.69, 9.17) is 0 Å². The smallest absolute Gasteiger partial charge is 0.0498 e. The number of anilines is 1. The molecule has 0 aliphatic carbocycles. The highest BCUT2D eigenvalue weighted by atomic mass is 35.5. The second kappa shape index (κ2) is 7.73. The predicted molar refractivity (Wildman–Crippen MR) is 90.3 cm³/mol. The summed E-state index contributed by atoms with van der Waals surface area (Å²) in [5.74, 6) is 0. The maximum absolute atomic E-state index is 4.26. The van der Waals surface area contributed by atoms with Crippen LogP contribution in [0.4, 0.5) is 5.69 Å². The Hall–Kier alpha value is -1.77. The molecule has 0 unspecified atom stereocenters. The number of aliphatic imine (C=N–C) groups is 1. The van der Waals surface area contributed by atoms with Gasteiger partial charge in [0.2, 0.25) is 0 Å². The highest BCUT2D eigenvalue weighted by Crippen LogP contribution is 2.23. The fraction of sp³-hybridized carbons (Fsp3) is 0.0625. The van der Waals surface area contributed by atoms with Gasteiger partial charge in [0.1, 0.15) is 0 Å². The number of para-hydroxylation sites is 1. The minimum Gasteiger partial charge on any atom is -0.341 e. The zero-order valence-corrected chi connectivity index (χ0v) is 12.5. The lowest BCUT2D eigenvalue weighted by Crippen LogP contribution is -2.16. The molecule has 0 bridgehead atoms. The van der Waals surface area contributed by atoms with E-state index in [1.165, 1.54) is 11.3 Å². The molecule has 0 amide bonds. The molecule has 0 spiro atoms. The van der Waals surface area contributed by atoms with Crippen molar-refractivity contribution in [2.24, 2.45) is 4.99 Å². The molecule has 1 aliphatic heterocycles. The average molecular weight is 307 g/mol. The molecule has 1 heterocycles. The number of fused-ring (bicyclic) bond motifs is 1. The van der Waals surface area contributed by atoms with E-state index >= 15 is 0 Å². The van der Waals surface area contributed by atoms with Crippen LogP contribution in [-0.4, -0.2) is 6.21 Å². The molecule has 0 radical (unpaired) electrons. The molecule has 0 fully saturated rings. The third-order valence-corrected chi connectivity index (χ3v) is 2.99. The minimum atomic E-state index is 0. The normalized spacial score (nSPS) is 11.9. The topological polar surface area (TPSA) is 15.6 Å². The van der Waals surface area contributed by atoms with Crippen LogP contribution in [0.5, 0.6) is 0 Å². The van der Waals surface area contributed by atoms with Crippen LogP contribution >= 0.6 is 24.8 Å². The summed E-state index contributed by atoms with van der Waals surface area (Å²) >= 11 is 0. The summed E-state index contributed by atoms with van der Waals surface area (Å²) in [6.07, 6.45) is 5.76. The number of hydrogen-bond acceptors (Lipinski definition) is 2. The molecule has 0 N–H and O–H groups in total. The number of nitrogens with zero attached hydrogens (tertiary/aromatic N) is 2. The summed E-state index contributed by atoms with van der Waals surface area (Å²) in [5.41, 5.74) is 3.64. The molecule has 0 saturated heterocycles. The highest BCUT2D eigenvalue weighted by molar-refractivity contribution is 5.89. The van der Waals surface area contributed by atoms with Crippen LogP contribution in [0.25, 0.3) is 0 Å². The molecular formula is C16H16Cl2N2. The lowest BCUT2D eigenvalue weighted by molar-refractivity contribution is 0.966. The Kier molecular flexibility index (Phi) is 6.29. The molecule has 0 atom stereocenters. The Morgan fingerprint density at radius 1 is 0.850 bits per heavy atom. The molecule has 2 nitrogen and oxygen atoms in total. The summed E-state index contributed by atoms with van der Waals surface area (Å²) in [5, 5.41) is 0. The highest BCUT2D eigenvalue weighted by Gasteiger charge is 2.09. The van der Waals surface area contributed by atoms with Crippen molar-refractivity contribution in [1.82, 2.24) is 0 Å². The number of benzene rings is 2. The SMILES string of the molecule is C1=CN(Cc2ccccc2)c2ccccc2C=N1.Cl.Cl. The van der Waals surface area contributed by atoms with Crippen LogP contribution in [0.2, 0.25) is 0 Å². The molecule has 4 heteroatoms. The second-order valence-corrected chi connectivity index (χ2v) is 4.25. The third kappa shape index (κ3) is 3.62. The predicted octanol–water partition coefficient (Wildman–Crippen LogP) is 4.44. The fourth-order valence-electron chi connectivity index (χ4n) is 2.10. The molecule has 20 heavy (non-hydrogen) atoms. The van der Waals surface area contributed by atoms with E-state index in [1.807, 2.05) is 30.7 Å². The van der Waals surface area contributed by atoms with Gasteiger partial charge in [-0.1, -0.05) is 48.5 Å². The van der Waals surface area contributed by atoms with Crippen molar-refractivity contribution >= 4 is 36.7 Å². The van der Waals surface area contributed by atoms with Crippen molar-refractivity contribution in [1.29, 1.82) is 0 Å². The Labute approximate surface area is 131 Å². The van der Waals surface area contributed by atoms with Crippen molar-refractivity contribution in [3.63, 3.8) is 0 Å². The van der Waals surface area contributed by atoms with Gasteiger partial charge in [-0.2, -0.15) is 0 Å². The zero-order valence-electron chi connectivity index (χ0n) is 10.8. The minimum absolute atomic E-state index is 0. The van der Waals surface area contributed by atoms with Crippen molar-refractivity contribution in [2.75, 3.05) is 4.90 Å². The zero-order chi connectivity index (χ0) is 12.2. The standard InChI is InChI=1S/C16H14N2.2ClH/c1-2-6-14(7-3-1)13-18-11-10-17-12-15-8-4-5-9-16(15)18;;/h1-12H,13H2;2*1H. The van der Waals surface area contributed by atoms with Crippen LogP contribution in [0.1, 0.15) is 11.1 Å². The van der Waals surface area contributed by atoms with E-state index < -0.39 is 0 Å². The van der Waals surface area contributed by atoms with E-state index in [-0.39, 0.29) is 24.8 Å². The Bertz CT molecular complexity index is 594. The fourth-order valence-corrected chi connectivity index (χ4v) is 2.10. The summed E-state index contributed by atoms with van der Waals surface area (Å²) in [7, 11) is 0. The third-order valence-electron chi connectivity index (χ3n) is 2.99. The van der Waals surface area contributed by atoms with Crippen LogP contribution in [0.3, 0.4) is 0 Å². The van der Waals surface area contributed by atoms with Crippen LogP contribution in [-0.2, 0) is 6.54 Å². The van der Waals surface area contributed by atoms with Crippen molar-refractivity contribution < 1.29 is 0 Å². The lowest BCUT2D eigenvalue weighted by Gasteiger charge is -2.21. The molecule has 2 aromatic rings. The van der Waals surface area contributed by atoms with Gasteiger partial charge in [0, 0.05) is 36.4 Å². The first-order chi connectivity index (χ1) is 8.93. The maximum Gasteiger partial charge on any atom is 0.0498 e. The van der Waals surface area contributed by atoms with Gasteiger partial charge in [-0.3, -0.25) is 4.99 Å². The van der Waals surface area contributed by atoms with Crippen LogP contribution in [0.15, 0.2) is 72.0 Å². The van der Waals surface area contributed by atoms with Gasteiger partial charge in [0.05, 0.1) is 0 Å². The van der Waals surface area contributed by atoms with Gasteiger partial charge in [0.25, 0.3) is 0 Å². The number of halogens is 2. The van der Waals surface area contributed by atoms with Crippen molar-refractivity contribution in [3.8, 4) is 0 Å². The molecule has 0 aromatic heterocycles. The first kappa shape index (κ1) is 16.3. The monoisotopic (exact) mass is 306 g/mol. The van der Waals surface area contributed by atoms with E-state index in [2.05, 4.69) is 52.4 Å². The second-order valence-electron chi connectivity index (χ2n) is 4.25. The van der Waals surface area contributed by atoms with Gasteiger partial charge < -0.3 is 4.90 Å². The van der Waals surface area contributed by atoms with E-state index in [0.29, 0.717) is 0 Å². The Morgan fingerprint density at radius 3 is 2.35 bits per heavy atom. The average Bonchev–Trinajstić information content (AvgIpc) is 2.63. The first-order valence-electron chi connectivity index (χ1n) is 6.03. The number of rotatable bonds is 2. The summed E-state index contributed by atoms with van der Waals surface area (Å²) in [6, 6.07) is 18.8.